The third-order valence-electron chi connectivity index (χ3n) is 3.09. The van der Waals surface area contributed by atoms with Crippen LogP contribution in [0.15, 0.2) is 41.6 Å². The summed E-state index contributed by atoms with van der Waals surface area (Å²) < 4.78 is 0. The fourth-order valence-corrected chi connectivity index (χ4v) is 2.28. The number of nitrogens with one attached hydrogen (secondary N) is 1. The lowest BCUT2D eigenvalue weighted by atomic mass is 10.1. The van der Waals surface area contributed by atoms with Crippen LogP contribution in [-0.4, -0.2) is 11.0 Å². The van der Waals surface area contributed by atoms with Crippen molar-refractivity contribution >= 4 is 34.7 Å². The van der Waals surface area contributed by atoms with Crippen molar-refractivity contribution in [2.24, 2.45) is 10.9 Å². The van der Waals surface area contributed by atoms with Gasteiger partial charge in [0.1, 0.15) is 0 Å². The van der Waals surface area contributed by atoms with E-state index in [0.29, 0.717) is 22.2 Å². The maximum absolute atomic E-state index is 8.61. The summed E-state index contributed by atoms with van der Waals surface area (Å²) in [4.78, 5) is 0. The summed E-state index contributed by atoms with van der Waals surface area (Å²) >= 11 is 12.3. The molecule has 0 aromatic heterocycles. The van der Waals surface area contributed by atoms with Crippen molar-refractivity contribution in [2.75, 3.05) is 5.32 Å². The van der Waals surface area contributed by atoms with E-state index in [2.05, 4.69) is 10.5 Å². The van der Waals surface area contributed by atoms with E-state index in [9.17, 15) is 0 Å². The molecule has 21 heavy (non-hydrogen) atoms. The molecule has 6 heteroatoms. The monoisotopic (exact) mass is 323 g/mol. The molecule has 2 aromatic carbocycles. The summed E-state index contributed by atoms with van der Waals surface area (Å²) in [5, 5.41) is 16.1. The molecule has 2 aromatic rings. The first-order valence-electron chi connectivity index (χ1n) is 6.27. The second kappa shape index (κ2) is 6.70. The van der Waals surface area contributed by atoms with Gasteiger partial charge >= 0.3 is 0 Å². The van der Waals surface area contributed by atoms with E-state index >= 15 is 0 Å². The lowest BCUT2D eigenvalue weighted by molar-refractivity contribution is 0.318. The van der Waals surface area contributed by atoms with Gasteiger partial charge in [0.25, 0.3) is 0 Å². The average Bonchev–Trinajstić information content (AvgIpc) is 2.49. The normalized spacial score (nSPS) is 11.5. The number of hydrogen-bond acceptors (Lipinski definition) is 3. The van der Waals surface area contributed by atoms with Crippen molar-refractivity contribution in [3.63, 3.8) is 0 Å². The third kappa shape index (κ3) is 3.80. The summed E-state index contributed by atoms with van der Waals surface area (Å²) in [6.07, 6.45) is 0. The molecule has 0 spiro atoms. The Balaban J connectivity index is 2.08. The van der Waals surface area contributed by atoms with Crippen LogP contribution in [0.3, 0.4) is 0 Å². The van der Waals surface area contributed by atoms with Crippen LogP contribution >= 0.6 is 23.2 Å². The lowest BCUT2D eigenvalue weighted by Gasteiger charge is -2.11. The number of amidine groups is 1. The van der Waals surface area contributed by atoms with Crippen molar-refractivity contribution in [1.82, 2.24) is 0 Å². The quantitative estimate of drug-likeness (QED) is 0.344. The molecule has 2 rings (SSSR count). The van der Waals surface area contributed by atoms with Crippen molar-refractivity contribution in [3.05, 3.63) is 63.1 Å². The van der Waals surface area contributed by atoms with Gasteiger partial charge in [-0.3, -0.25) is 0 Å². The molecule has 0 bridgehead atoms. The molecule has 4 N–H and O–H groups in total. The van der Waals surface area contributed by atoms with Gasteiger partial charge in [0, 0.05) is 17.1 Å². The van der Waals surface area contributed by atoms with Gasteiger partial charge in [0.15, 0.2) is 5.84 Å². The Morgan fingerprint density at radius 3 is 2.48 bits per heavy atom. The molecule has 0 saturated carbocycles. The molecular weight excluding hydrogens is 309 g/mol. The van der Waals surface area contributed by atoms with Crippen molar-refractivity contribution in [1.29, 1.82) is 0 Å². The molecule has 0 aliphatic carbocycles. The summed E-state index contributed by atoms with van der Waals surface area (Å²) in [6.45, 7) is 2.50. The number of nitrogens with two attached hydrogens (primary N) is 1. The Bertz CT molecular complexity index is 669. The number of anilines is 1. The number of halogens is 2. The van der Waals surface area contributed by atoms with Gasteiger partial charge in [0.05, 0.1) is 10.7 Å². The smallest absolute Gasteiger partial charge is 0.170 e. The Morgan fingerprint density at radius 2 is 1.86 bits per heavy atom. The van der Waals surface area contributed by atoms with Gasteiger partial charge < -0.3 is 16.3 Å². The molecule has 0 saturated heterocycles. The van der Waals surface area contributed by atoms with Crippen LogP contribution in [-0.2, 0) is 6.54 Å². The minimum atomic E-state index is 0.0860. The predicted molar refractivity (Wildman–Crippen MR) is 87.5 cm³/mol. The maximum Gasteiger partial charge on any atom is 0.170 e. The number of aryl methyl sites for hydroxylation is 1. The van der Waals surface area contributed by atoms with Gasteiger partial charge in [-0.1, -0.05) is 52.6 Å². The molecule has 0 aliphatic rings. The second-order valence-electron chi connectivity index (χ2n) is 4.62. The van der Waals surface area contributed by atoms with Crippen LogP contribution in [0.1, 0.15) is 16.7 Å². The fraction of sp³-hybridized carbons (Fsp3) is 0.133. The van der Waals surface area contributed by atoms with Gasteiger partial charge in [0.2, 0.25) is 0 Å². The number of nitrogens with zero attached hydrogens (tertiary/aromatic N) is 1. The topological polar surface area (TPSA) is 70.6 Å². The summed E-state index contributed by atoms with van der Waals surface area (Å²) in [7, 11) is 0. The first kappa shape index (κ1) is 15.5. The maximum atomic E-state index is 8.61. The molecule has 110 valence electrons. The predicted octanol–water partition coefficient (Wildman–Crippen LogP) is 4.01. The highest BCUT2D eigenvalue weighted by atomic mass is 35.5. The summed E-state index contributed by atoms with van der Waals surface area (Å²) in [6, 6.07) is 11.0. The van der Waals surface area contributed by atoms with E-state index in [-0.39, 0.29) is 5.84 Å². The van der Waals surface area contributed by atoms with E-state index in [1.165, 1.54) is 0 Å². The zero-order valence-corrected chi connectivity index (χ0v) is 12.9. The standard InChI is InChI=1S/C15H15Cl2N3O/c1-9-6-13(17)14(7-12(9)16)19-8-10-2-4-11(5-3-10)15(18)20-21/h2-7,19,21H,8H2,1H3,(H2,18,20). The zero-order valence-electron chi connectivity index (χ0n) is 11.4. The highest BCUT2D eigenvalue weighted by Crippen LogP contribution is 2.29. The molecule has 0 unspecified atom stereocenters. The van der Waals surface area contributed by atoms with Crippen LogP contribution in [0.25, 0.3) is 0 Å². The molecule has 4 nitrogen and oxygen atoms in total. The van der Waals surface area contributed by atoms with Crippen LogP contribution in [0.4, 0.5) is 5.69 Å². The molecule has 0 atom stereocenters. The SMILES string of the molecule is Cc1cc(Cl)c(NCc2ccc(/C(N)=N/O)cc2)cc1Cl. The summed E-state index contributed by atoms with van der Waals surface area (Å²) in [5.41, 5.74) is 8.94. The van der Waals surface area contributed by atoms with Crippen molar-refractivity contribution in [3.8, 4) is 0 Å². The van der Waals surface area contributed by atoms with Crippen LogP contribution in [0.2, 0.25) is 10.0 Å². The molecule has 0 amide bonds. The highest BCUT2D eigenvalue weighted by molar-refractivity contribution is 6.35. The lowest BCUT2D eigenvalue weighted by Crippen LogP contribution is -2.13. The van der Waals surface area contributed by atoms with Gasteiger partial charge in [-0.15, -0.1) is 0 Å². The van der Waals surface area contributed by atoms with E-state index in [1.807, 2.05) is 31.2 Å². The molecular formula is C15H15Cl2N3O. The number of oxime groups is 1. The van der Waals surface area contributed by atoms with Gasteiger partial charge in [-0.2, -0.15) is 0 Å². The largest absolute Gasteiger partial charge is 0.409 e. The second-order valence-corrected chi connectivity index (χ2v) is 5.43. The third-order valence-corrected chi connectivity index (χ3v) is 3.81. The average molecular weight is 324 g/mol. The van der Waals surface area contributed by atoms with Gasteiger partial charge in [-0.25, -0.2) is 0 Å². The van der Waals surface area contributed by atoms with Crippen LogP contribution in [0.5, 0.6) is 0 Å². The summed E-state index contributed by atoms with van der Waals surface area (Å²) in [5.74, 6) is 0.0860. The van der Waals surface area contributed by atoms with Crippen molar-refractivity contribution in [2.45, 2.75) is 13.5 Å². The number of hydrogen-bond donors (Lipinski definition) is 3. The Kier molecular flexibility index (Phi) is 4.94. The molecule has 0 fully saturated rings. The first-order chi connectivity index (χ1) is 10.0. The molecule has 0 aliphatic heterocycles. The molecule has 0 heterocycles. The van der Waals surface area contributed by atoms with E-state index in [0.717, 1.165) is 16.8 Å². The molecule has 0 radical (unpaired) electrons. The Hall–Kier alpha value is -1.91. The first-order valence-corrected chi connectivity index (χ1v) is 7.03. The van der Waals surface area contributed by atoms with Crippen LogP contribution in [0, 0.1) is 6.92 Å². The van der Waals surface area contributed by atoms with E-state index in [4.69, 9.17) is 34.1 Å². The fourth-order valence-electron chi connectivity index (χ4n) is 1.83. The number of benzene rings is 2. The van der Waals surface area contributed by atoms with Crippen molar-refractivity contribution < 1.29 is 5.21 Å². The van der Waals surface area contributed by atoms with E-state index in [1.54, 1.807) is 12.1 Å². The highest BCUT2D eigenvalue weighted by Gasteiger charge is 2.05. The Morgan fingerprint density at radius 1 is 1.19 bits per heavy atom. The van der Waals surface area contributed by atoms with Gasteiger partial charge in [-0.05, 0) is 30.2 Å². The minimum Gasteiger partial charge on any atom is -0.409 e. The van der Waals surface area contributed by atoms with E-state index < -0.39 is 0 Å². The van der Waals surface area contributed by atoms with Crippen LogP contribution < -0.4 is 11.1 Å². The number of rotatable bonds is 4. The Labute approximate surface area is 133 Å². The minimum absolute atomic E-state index is 0.0860. The zero-order chi connectivity index (χ0) is 15.4.